The van der Waals surface area contributed by atoms with Crippen LogP contribution in [0.25, 0.3) is 0 Å². The van der Waals surface area contributed by atoms with Crippen LogP contribution >= 0.6 is 0 Å². The predicted octanol–water partition coefficient (Wildman–Crippen LogP) is 1.38. The molecule has 2 unspecified atom stereocenters. The van der Waals surface area contributed by atoms with Crippen molar-refractivity contribution in [1.82, 2.24) is 20.4 Å². The van der Waals surface area contributed by atoms with Crippen LogP contribution in [0.5, 0.6) is 0 Å². The third-order valence-corrected chi connectivity index (χ3v) is 4.99. The fourth-order valence-corrected chi connectivity index (χ4v) is 3.72. The summed E-state index contributed by atoms with van der Waals surface area (Å²) in [5, 5.41) is 11.8. The maximum Gasteiger partial charge on any atom is 0.151 e. The van der Waals surface area contributed by atoms with E-state index in [1.54, 1.807) is 6.20 Å². The van der Waals surface area contributed by atoms with Crippen molar-refractivity contribution in [2.75, 3.05) is 44.7 Å². The molecule has 2 aliphatic heterocycles. The number of likely N-dealkylation sites (N-methyl/N-ethyl adjacent to an activating group) is 1. The van der Waals surface area contributed by atoms with Crippen molar-refractivity contribution in [3.05, 3.63) is 18.3 Å². The highest BCUT2D eigenvalue weighted by Gasteiger charge is 2.33. The van der Waals surface area contributed by atoms with E-state index in [0.29, 0.717) is 11.5 Å². The molecule has 5 nitrogen and oxygen atoms in total. The summed E-state index contributed by atoms with van der Waals surface area (Å²) < 4.78 is 0. The molecule has 2 saturated heterocycles. The van der Waals surface area contributed by atoms with Gasteiger partial charge in [0.2, 0.25) is 0 Å². The number of hydrogen-bond donors (Lipinski definition) is 1. The number of aromatic nitrogens is 2. The molecule has 3 rings (SSSR count). The van der Waals surface area contributed by atoms with E-state index in [2.05, 4.69) is 45.4 Å². The molecule has 0 radical (unpaired) electrons. The van der Waals surface area contributed by atoms with Crippen LogP contribution in [0.3, 0.4) is 0 Å². The summed E-state index contributed by atoms with van der Waals surface area (Å²) >= 11 is 0. The third-order valence-electron chi connectivity index (χ3n) is 4.99. The molecule has 116 valence electrons. The average molecular weight is 289 g/mol. The largest absolute Gasteiger partial charge is 0.354 e. The first-order valence-electron chi connectivity index (χ1n) is 8.10. The molecule has 5 heteroatoms. The van der Waals surface area contributed by atoms with Gasteiger partial charge in [0.1, 0.15) is 0 Å². The lowest BCUT2D eigenvalue weighted by molar-refractivity contribution is 0.146. The molecule has 0 aromatic carbocycles. The van der Waals surface area contributed by atoms with Gasteiger partial charge in [-0.05, 0) is 50.4 Å². The van der Waals surface area contributed by atoms with Crippen LogP contribution in [0, 0.1) is 5.41 Å². The van der Waals surface area contributed by atoms with Gasteiger partial charge < -0.3 is 15.1 Å². The number of hydrogen-bond acceptors (Lipinski definition) is 5. The normalized spacial score (nSPS) is 30.0. The predicted molar refractivity (Wildman–Crippen MR) is 85.5 cm³/mol. The van der Waals surface area contributed by atoms with Crippen molar-refractivity contribution in [2.24, 2.45) is 5.41 Å². The number of anilines is 1. The summed E-state index contributed by atoms with van der Waals surface area (Å²) in [6.07, 6.45) is 5.56. The van der Waals surface area contributed by atoms with Crippen molar-refractivity contribution < 1.29 is 0 Å². The van der Waals surface area contributed by atoms with Gasteiger partial charge in [-0.3, -0.25) is 0 Å². The highest BCUT2D eigenvalue weighted by Crippen LogP contribution is 2.28. The first-order chi connectivity index (χ1) is 10.2. The average Bonchev–Trinajstić information content (AvgIpc) is 2.94. The maximum atomic E-state index is 4.26. The molecule has 1 aromatic rings. The molecule has 2 atom stereocenters. The van der Waals surface area contributed by atoms with Crippen LogP contribution < -0.4 is 10.2 Å². The Balaban J connectivity index is 1.60. The van der Waals surface area contributed by atoms with Crippen LogP contribution in [-0.4, -0.2) is 60.9 Å². The minimum atomic E-state index is 0.434. The van der Waals surface area contributed by atoms with Crippen LogP contribution in [0.1, 0.15) is 26.2 Å². The second-order valence-electron chi connectivity index (χ2n) is 6.98. The van der Waals surface area contributed by atoms with Crippen molar-refractivity contribution >= 4 is 5.82 Å². The standard InChI is InChI=1S/C16H27N5/c1-16(7-9-17-12-16)13-20(2)14-5-4-10-21(11-14)15-6-3-8-18-19-15/h3,6,8,14,17H,4-5,7,9-13H2,1-2H3. The maximum absolute atomic E-state index is 4.26. The van der Waals surface area contributed by atoms with Crippen LogP contribution in [0.4, 0.5) is 5.82 Å². The Morgan fingerprint density at radius 3 is 3.14 bits per heavy atom. The fraction of sp³-hybridized carbons (Fsp3) is 0.750. The summed E-state index contributed by atoms with van der Waals surface area (Å²) in [6, 6.07) is 4.66. The minimum Gasteiger partial charge on any atom is -0.354 e. The Hall–Kier alpha value is -1.20. The van der Waals surface area contributed by atoms with Crippen molar-refractivity contribution in [1.29, 1.82) is 0 Å². The smallest absolute Gasteiger partial charge is 0.151 e. The monoisotopic (exact) mass is 289 g/mol. The molecule has 0 aliphatic carbocycles. The van der Waals surface area contributed by atoms with E-state index < -0.39 is 0 Å². The van der Waals surface area contributed by atoms with E-state index in [9.17, 15) is 0 Å². The molecule has 3 heterocycles. The SMILES string of the molecule is CN(CC1(C)CCNC1)C1CCCN(c2cccnn2)C1. The lowest BCUT2D eigenvalue weighted by atomic mass is 9.88. The van der Waals surface area contributed by atoms with Gasteiger partial charge in [0.05, 0.1) is 0 Å². The number of nitrogens with zero attached hydrogens (tertiary/aromatic N) is 4. The van der Waals surface area contributed by atoms with Gasteiger partial charge in [0, 0.05) is 38.4 Å². The van der Waals surface area contributed by atoms with Gasteiger partial charge in [-0.1, -0.05) is 6.92 Å². The van der Waals surface area contributed by atoms with Crippen molar-refractivity contribution in [2.45, 2.75) is 32.2 Å². The molecular formula is C16H27N5. The highest BCUT2D eigenvalue weighted by molar-refractivity contribution is 5.37. The van der Waals surface area contributed by atoms with Crippen LogP contribution in [0.2, 0.25) is 0 Å². The molecule has 2 aliphatic rings. The number of piperidine rings is 1. The molecule has 1 aromatic heterocycles. The minimum absolute atomic E-state index is 0.434. The van der Waals surface area contributed by atoms with E-state index in [0.717, 1.165) is 25.5 Å². The molecule has 2 fully saturated rings. The third kappa shape index (κ3) is 3.52. The summed E-state index contributed by atoms with van der Waals surface area (Å²) in [6.45, 7) is 8.07. The van der Waals surface area contributed by atoms with Crippen molar-refractivity contribution in [3.63, 3.8) is 0 Å². The van der Waals surface area contributed by atoms with E-state index in [1.165, 1.54) is 32.4 Å². The summed E-state index contributed by atoms with van der Waals surface area (Å²) in [4.78, 5) is 4.95. The number of rotatable bonds is 4. The first kappa shape index (κ1) is 14.7. The van der Waals surface area contributed by atoms with Crippen LogP contribution in [-0.2, 0) is 0 Å². The van der Waals surface area contributed by atoms with Gasteiger partial charge in [0.15, 0.2) is 5.82 Å². The topological polar surface area (TPSA) is 44.3 Å². The van der Waals surface area contributed by atoms with E-state index in [4.69, 9.17) is 0 Å². The molecule has 0 bridgehead atoms. The summed E-state index contributed by atoms with van der Waals surface area (Å²) in [7, 11) is 2.29. The lowest BCUT2D eigenvalue weighted by Crippen LogP contribution is -2.49. The van der Waals surface area contributed by atoms with E-state index >= 15 is 0 Å². The Morgan fingerprint density at radius 1 is 1.52 bits per heavy atom. The van der Waals surface area contributed by atoms with Crippen molar-refractivity contribution in [3.8, 4) is 0 Å². The molecule has 0 amide bonds. The van der Waals surface area contributed by atoms with E-state index in [-0.39, 0.29) is 0 Å². The summed E-state index contributed by atoms with van der Waals surface area (Å²) in [5.41, 5.74) is 0.434. The van der Waals surface area contributed by atoms with Gasteiger partial charge in [-0.2, -0.15) is 5.10 Å². The quantitative estimate of drug-likeness (QED) is 0.907. The zero-order chi connectivity index (χ0) is 14.7. The molecule has 0 saturated carbocycles. The molecule has 1 N–H and O–H groups in total. The van der Waals surface area contributed by atoms with Crippen LogP contribution in [0.15, 0.2) is 18.3 Å². The fourth-order valence-electron chi connectivity index (χ4n) is 3.72. The van der Waals surface area contributed by atoms with Gasteiger partial charge in [-0.25, -0.2) is 0 Å². The van der Waals surface area contributed by atoms with Gasteiger partial charge in [0.25, 0.3) is 0 Å². The lowest BCUT2D eigenvalue weighted by Gasteiger charge is -2.40. The summed E-state index contributed by atoms with van der Waals surface area (Å²) in [5.74, 6) is 1.02. The van der Waals surface area contributed by atoms with Gasteiger partial charge in [-0.15, -0.1) is 5.10 Å². The second kappa shape index (κ2) is 6.28. The Labute approximate surface area is 127 Å². The Morgan fingerprint density at radius 2 is 2.43 bits per heavy atom. The molecule has 0 spiro atoms. The zero-order valence-electron chi connectivity index (χ0n) is 13.3. The van der Waals surface area contributed by atoms with Gasteiger partial charge >= 0.3 is 0 Å². The van der Waals surface area contributed by atoms with E-state index in [1.807, 2.05) is 6.07 Å². The Bertz CT molecular complexity index is 443. The highest BCUT2D eigenvalue weighted by atomic mass is 15.3. The first-order valence-corrected chi connectivity index (χ1v) is 8.10. The molecule has 21 heavy (non-hydrogen) atoms. The Kier molecular flexibility index (Phi) is 4.40. The molecular weight excluding hydrogens is 262 g/mol. The number of nitrogens with one attached hydrogen (secondary N) is 1. The second-order valence-corrected chi connectivity index (χ2v) is 6.98. The zero-order valence-corrected chi connectivity index (χ0v) is 13.3.